The first-order valence-corrected chi connectivity index (χ1v) is 5.68. The molecule has 0 aliphatic carbocycles. The van der Waals surface area contributed by atoms with E-state index in [9.17, 15) is 19.8 Å². The molecule has 0 bridgehead atoms. The Morgan fingerprint density at radius 3 is 1.25 bits per heavy atom. The summed E-state index contributed by atoms with van der Waals surface area (Å²) in [6, 6.07) is 16.0. The molecule has 2 aromatic carbocycles. The van der Waals surface area contributed by atoms with E-state index in [1.54, 1.807) is 36.4 Å². The summed E-state index contributed by atoms with van der Waals surface area (Å²) in [5, 5.41) is 19.0. The molecule has 0 spiro atoms. The third-order valence-corrected chi connectivity index (χ3v) is 3.06. The van der Waals surface area contributed by atoms with E-state index in [2.05, 4.69) is 0 Å². The fourth-order valence-corrected chi connectivity index (χ4v) is 2.13. The van der Waals surface area contributed by atoms with Gasteiger partial charge < -0.3 is 10.2 Å². The summed E-state index contributed by atoms with van der Waals surface area (Å²) in [5.41, 5.74) is -1.63. The predicted octanol–water partition coefficient (Wildman–Crippen LogP) is 1.49. The first-order chi connectivity index (χ1) is 9.10. The Labute approximate surface area is 138 Å². The van der Waals surface area contributed by atoms with Crippen molar-refractivity contribution in [2.75, 3.05) is 0 Å². The van der Waals surface area contributed by atoms with Crippen LogP contribution in [0, 0.1) is 0 Å². The second-order valence-corrected chi connectivity index (χ2v) is 4.09. The van der Waals surface area contributed by atoms with Crippen molar-refractivity contribution in [1.82, 2.24) is 0 Å². The number of carboxylic acid groups (broad SMARTS) is 2. The zero-order valence-corrected chi connectivity index (χ0v) is 9.98. The monoisotopic (exact) mass is 280 g/mol. The third kappa shape index (κ3) is 2.63. The van der Waals surface area contributed by atoms with Crippen LogP contribution in [0.1, 0.15) is 11.1 Å². The van der Waals surface area contributed by atoms with Gasteiger partial charge in [0, 0.05) is 0 Å². The molecular formula is C15H13NaO4. The molecule has 98 valence electrons. The molecule has 0 unspecified atom stereocenters. The van der Waals surface area contributed by atoms with E-state index in [0.29, 0.717) is 0 Å². The van der Waals surface area contributed by atoms with E-state index >= 15 is 0 Å². The van der Waals surface area contributed by atoms with Gasteiger partial charge in [0.1, 0.15) is 0 Å². The number of hydrogen-bond donors (Lipinski definition) is 2. The van der Waals surface area contributed by atoms with Crippen molar-refractivity contribution < 1.29 is 19.8 Å². The van der Waals surface area contributed by atoms with Gasteiger partial charge in [-0.05, 0) is 11.1 Å². The molecule has 0 atom stereocenters. The zero-order chi connectivity index (χ0) is 13.9. The summed E-state index contributed by atoms with van der Waals surface area (Å²) in [7, 11) is 0. The summed E-state index contributed by atoms with van der Waals surface area (Å²) < 4.78 is 0. The van der Waals surface area contributed by atoms with Gasteiger partial charge in [-0.1, -0.05) is 60.7 Å². The van der Waals surface area contributed by atoms with Crippen LogP contribution in [0.15, 0.2) is 60.7 Å². The van der Waals surface area contributed by atoms with Crippen molar-refractivity contribution >= 4 is 41.5 Å². The van der Waals surface area contributed by atoms with Gasteiger partial charge >= 0.3 is 41.5 Å². The molecule has 0 fully saturated rings. The van der Waals surface area contributed by atoms with Crippen LogP contribution >= 0.6 is 0 Å². The van der Waals surface area contributed by atoms with Crippen molar-refractivity contribution in [2.24, 2.45) is 0 Å². The normalized spacial score (nSPS) is 10.4. The van der Waals surface area contributed by atoms with Gasteiger partial charge in [0.25, 0.3) is 0 Å². The minimum absolute atomic E-state index is 0. The standard InChI is InChI=1S/C15H12O4.Na.H/c16-13(17)15(14(18)19,11-7-3-1-4-8-11)12-9-5-2-6-10-12;;/h1-10H,(H,16,17)(H,18,19);;. The topological polar surface area (TPSA) is 74.6 Å². The fourth-order valence-electron chi connectivity index (χ4n) is 2.13. The van der Waals surface area contributed by atoms with Gasteiger partial charge in [0.05, 0.1) is 0 Å². The molecule has 0 aromatic heterocycles. The molecule has 2 N–H and O–H groups in total. The second kappa shape index (κ2) is 6.70. The Balaban J connectivity index is 0.00000200. The first-order valence-electron chi connectivity index (χ1n) is 5.68. The molecule has 5 heteroatoms. The number of aliphatic carboxylic acids is 2. The van der Waals surface area contributed by atoms with Gasteiger partial charge in [0.15, 0.2) is 0 Å². The Morgan fingerprint density at radius 1 is 0.700 bits per heavy atom. The molecule has 0 saturated carbocycles. The second-order valence-electron chi connectivity index (χ2n) is 4.09. The molecule has 0 radical (unpaired) electrons. The Hall–Kier alpha value is -1.62. The molecule has 2 aromatic rings. The number of carbonyl (C=O) groups is 2. The summed E-state index contributed by atoms with van der Waals surface area (Å²) in [5.74, 6) is -2.81. The summed E-state index contributed by atoms with van der Waals surface area (Å²) in [6.45, 7) is 0. The van der Waals surface area contributed by atoms with Gasteiger partial charge in [-0.2, -0.15) is 0 Å². The number of hydrogen-bond acceptors (Lipinski definition) is 2. The summed E-state index contributed by atoms with van der Waals surface area (Å²) in [6.07, 6.45) is 0. The van der Waals surface area contributed by atoms with Crippen molar-refractivity contribution in [1.29, 1.82) is 0 Å². The summed E-state index contributed by atoms with van der Waals surface area (Å²) in [4.78, 5) is 23.4. The third-order valence-electron chi connectivity index (χ3n) is 3.06. The molecule has 0 aliphatic heterocycles. The van der Waals surface area contributed by atoms with Crippen molar-refractivity contribution in [2.45, 2.75) is 5.41 Å². The molecule has 0 heterocycles. The van der Waals surface area contributed by atoms with E-state index < -0.39 is 17.4 Å². The Kier molecular flexibility index (Phi) is 5.51. The number of carboxylic acids is 2. The fraction of sp³-hybridized carbons (Fsp3) is 0.0667. The van der Waals surface area contributed by atoms with E-state index in [0.717, 1.165) is 0 Å². The van der Waals surface area contributed by atoms with Crippen LogP contribution in [0.25, 0.3) is 0 Å². The van der Waals surface area contributed by atoms with Gasteiger partial charge in [-0.3, -0.25) is 9.59 Å². The van der Waals surface area contributed by atoms with E-state index in [1.165, 1.54) is 24.3 Å². The molecule has 0 aliphatic rings. The SMILES string of the molecule is O=C(O)C(C(=O)O)(c1ccccc1)c1ccccc1.[NaH]. The maximum atomic E-state index is 11.7. The van der Waals surface area contributed by atoms with Crippen molar-refractivity contribution in [3.8, 4) is 0 Å². The minimum atomic E-state index is -2.08. The average molecular weight is 280 g/mol. The molecule has 2 rings (SSSR count). The van der Waals surface area contributed by atoms with Crippen LogP contribution in [0.5, 0.6) is 0 Å². The average Bonchev–Trinajstić information content (AvgIpc) is 2.41. The van der Waals surface area contributed by atoms with Gasteiger partial charge in [0.2, 0.25) is 5.41 Å². The van der Waals surface area contributed by atoms with E-state index in [-0.39, 0.29) is 40.7 Å². The van der Waals surface area contributed by atoms with E-state index in [1.807, 2.05) is 0 Å². The van der Waals surface area contributed by atoms with Crippen molar-refractivity contribution in [3.63, 3.8) is 0 Å². The maximum absolute atomic E-state index is 11.7. The van der Waals surface area contributed by atoms with Crippen LogP contribution in [-0.2, 0) is 15.0 Å². The van der Waals surface area contributed by atoms with Gasteiger partial charge in [-0.15, -0.1) is 0 Å². The first kappa shape index (κ1) is 16.4. The molecule has 0 amide bonds. The van der Waals surface area contributed by atoms with E-state index in [4.69, 9.17) is 0 Å². The quantitative estimate of drug-likeness (QED) is 0.657. The zero-order valence-electron chi connectivity index (χ0n) is 9.98. The number of rotatable bonds is 4. The van der Waals surface area contributed by atoms with Crippen LogP contribution in [0.2, 0.25) is 0 Å². The van der Waals surface area contributed by atoms with Crippen LogP contribution in [0.3, 0.4) is 0 Å². The van der Waals surface area contributed by atoms with Crippen LogP contribution < -0.4 is 0 Å². The van der Waals surface area contributed by atoms with Crippen LogP contribution in [-0.4, -0.2) is 51.7 Å². The van der Waals surface area contributed by atoms with Crippen molar-refractivity contribution in [3.05, 3.63) is 71.8 Å². The Bertz CT molecular complexity index is 540. The predicted molar refractivity (Wildman–Crippen MR) is 76.1 cm³/mol. The molecule has 0 saturated heterocycles. The molecular weight excluding hydrogens is 267 g/mol. The van der Waals surface area contributed by atoms with Gasteiger partial charge in [-0.25, -0.2) is 0 Å². The molecule has 20 heavy (non-hydrogen) atoms. The summed E-state index contributed by atoms with van der Waals surface area (Å²) >= 11 is 0. The molecule has 4 nitrogen and oxygen atoms in total. The van der Waals surface area contributed by atoms with Crippen LogP contribution in [0.4, 0.5) is 0 Å². The number of benzene rings is 2. The Morgan fingerprint density at radius 2 is 1.00 bits per heavy atom.